The highest BCUT2D eigenvalue weighted by Crippen LogP contribution is 2.41. The Morgan fingerprint density at radius 2 is 1.75 bits per heavy atom. The van der Waals surface area contributed by atoms with Gasteiger partial charge in [-0.05, 0) is 48.4 Å². The van der Waals surface area contributed by atoms with Crippen LogP contribution in [0.3, 0.4) is 0 Å². The maximum atomic E-state index is 13.8. The van der Waals surface area contributed by atoms with Crippen molar-refractivity contribution in [2.24, 2.45) is 0 Å². The maximum Gasteiger partial charge on any atom is 0.302 e. The zero-order valence-electron chi connectivity index (χ0n) is 17.0. The van der Waals surface area contributed by atoms with Crippen molar-refractivity contribution in [2.45, 2.75) is 13.0 Å². The van der Waals surface area contributed by atoms with E-state index in [2.05, 4.69) is 9.97 Å². The second kappa shape index (κ2) is 7.46. The molecule has 0 radical (unpaired) electrons. The van der Waals surface area contributed by atoms with E-state index in [-0.39, 0.29) is 22.8 Å². The number of hydrogen-bond donors (Lipinski definition) is 2. The standard InChI is InChI=1S/C25H18FN3O3/c1-14-13-16(11-12-17(14)26)22(30)20-21(15-7-3-2-4-8-15)29(24(32)23(20)31)25-27-18-9-5-6-10-19(18)28-25/h2-13,21,30H,1H3,(H,27,28)/b22-20+. The van der Waals surface area contributed by atoms with E-state index in [0.717, 1.165) is 0 Å². The number of fused-ring (bicyclic) bond motifs is 1. The molecule has 2 N–H and O–H groups in total. The lowest BCUT2D eigenvalue weighted by Gasteiger charge is -2.23. The number of imidazole rings is 1. The van der Waals surface area contributed by atoms with E-state index < -0.39 is 23.5 Å². The fourth-order valence-electron chi connectivity index (χ4n) is 4.00. The fraction of sp³-hybridized carbons (Fsp3) is 0.0800. The van der Waals surface area contributed by atoms with Gasteiger partial charge in [0.2, 0.25) is 5.95 Å². The van der Waals surface area contributed by atoms with Crippen molar-refractivity contribution in [3.8, 4) is 0 Å². The number of carbonyl (C=O) groups is 2. The van der Waals surface area contributed by atoms with E-state index in [4.69, 9.17) is 0 Å². The molecule has 32 heavy (non-hydrogen) atoms. The number of Topliss-reactive ketones (excluding diaryl/α,β-unsaturated/α-hetero) is 1. The molecule has 0 bridgehead atoms. The number of aliphatic hydroxyl groups is 1. The number of aromatic nitrogens is 2. The number of aryl methyl sites for hydroxylation is 1. The quantitative estimate of drug-likeness (QED) is 0.283. The Bertz CT molecular complexity index is 1380. The van der Waals surface area contributed by atoms with Gasteiger partial charge >= 0.3 is 5.91 Å². The van der Waals surface area contributed by atoms with Crippen LogP contribution in [0.25, 0.3) is 16.8 Å². The first-order chi connectivity index (χ1) is 15.5. The van der Waals surface area contributed by atoms with Crippen molar-refractivity contribution in [1.29, 1.82) is 0 Å². The highest BCUT2D eigenvalue weighted by atomic mass is 19.1. The first-order valence-electron chi connectivity index (χ1n) is 10.0. The zero-order chi connectivity index (χ0) is 22.4. The van der Waals surface area contributed by atoms with Crippen molar-refractivity contribution in [1.82, 2.24) is 9.97 Å². The van der Waals surface area contributed by atoms with Crippen molar-refractivity contribution < 1.29 is 19.1 Å². The lowest BCUT2D eigenvalue weighted by Crippen LogP contribution is -2.30. The van der Waals surface area contributed by atoms with Crippen molar-refractivity contribution in [2.75, 3.05) is 4.90 Å². The number of amides is 1. The predicted octanol–water partition coefficient (Wildman–Crippen LogP) is 4.64. The molecule has 0 spiro atoms. The number of anilines is 1. The number of aromatic amines is 1. The van der Waals surface area contributed by atoms with Gasteiger partial charge in [0.1, 0.15) is 11.6 Å². The van der Waals surface area contributed by atoms with E-state index >= 15 is 0 Å². The van der Waals surface area contributed by atoms with Crippen molar-refractivity contribution in [3.05, 3.63) is 101 Å². The third kappa shape index (κ3) is 3.06. The number of carbonyl (C=O) groups excluding carboxylic acids is 2. The number of benzene rings is 3. The molecule has 1 aromatic heterocycles. The summed E-state index contributed by atoms with van der Waals surface area (Å²) in [7, 11) is 0. The molecular formula is C25H18FN3O3. The average Bonchev–Trinajstić information content (AvgIpc) is 3.34. The van der Waals surface area contributed by atoms with E-state index in [9.17, 15) is 19.1 Å². The lowest BCUT2D eigenvalue weighted by atomic mass is 9.95. The highest BCUT2D eigenvalue weighted by Gasteiger charge is 2.48. The number of rotatable bonds is 3. The van der Waals surface area contributed by atoms with Gasteiger partial charge in [-0.25, -0.2) is 9.37 Å². The number of ketones is 1. The normalized spacial score (nSPS) is 17.9. The number of halogens is 1. The highest BCUT2D eigenvalue weighted by molar-refractivity contribution is 6.51. The molecule has 3 aromatic carbocycles. The molecule has 0 aliphatic carbocycles. The Morgan fingerprint density at radius 3 is 2.47 bits per heavy atom. The van der Waals surface area contributed by atoms with Crippen LogP contribution in [0.1, 0.15) is 22.7 Å². The van der Waals surface area contributed by atoms with Crippen molar-refractivity contribution >= 4 is 34.4 Å². The molecule has 1 aliphatic heterocycles. The van der Waals surface area contributed by atoms with Gasteiger partial charge in [0.25, 0.3) is 5.78 Å². The molecule has 5 rings (SSSR count). The SMILES string of the molecule is Cc1cc(/C(O)=C2\C(=O)C(=O)N(c3nc4ccccc4[nH]3)C2c2ccccc2)ccc1F. The van der Waals surface area contributed by atoms with Crippen LogP contribution in [-0.2, 0) is 9.59 Å². The van der Waals surface area contributed by atoms with Gasteiger partial charge < -0.3 is 10.1 Å². The molecule has 1 atom stereocenters. The summed E-state index contributed by atoms with van der Waals surface area (Å²) in [6.07, 6.45) is 0. The van der Waals surface area contributed by atoms with Gasteiger partial charge in [0.15, 0.2) is 0 Å². The number of H-pyrrole nitrogens is 1. The summed E-state index contributed by atoms with van der Waals surface area (Å²) >= 11 is 0. The molecule has 1 saturated heterocycles. The third-order valence-corrected chi connectivity index (χ3v) is 5.60. The van der Waals surface area contributed by atoms with Gasteiger partial charge in [-0.3, -0.25) is 14.5 Å². The Kier molecular flexibility index (Phi) is 4.59. The predicted molar refractivity (Wildman–Crippen MR) is 118 cm³/mol. The Labute approximate surface area is 182 Å². The molecule has 158 valence electrons. The van der Waals surface area contributed by atoms with Gasteiger partial charge in [0.05, 0.1) is 22.6 Å². The monoisotopic (exact) mass is 427 g/mol. The van der Waals surface area contributed by atoms with Crippen LogP contribution in [0.15, 0.2) is 78.4 Å². The van der Waals surface area contributed by atoms with E-state index in [1.54, 1.807) is 37.3 Å². The van der Waals surface area contributed by atoms with Gasteiger partial charge in [-0.1, -0.05) is 42.5 Å². The summed E-state index contributed by atoms with van der Waals surface area (Å²) in [6.45, 7) is 1.56. The largest absolute Gasteiger partial charge is 0.507 e. The Hall–Kier alpha value is -4.26. The molecule has 1 aliphatic rings. The lowest BCUT2D eigenvalue weighted by molar-refractivity contribution is -0.132. The van der Waals surface area contributed by atoms with Gasteiger partial charge in [-0.2, -0.15) is 0 Å². The van der Waals surface area contributed by atoms with E-state index in [0.29, 0.717) is 22.2 Å². The molecule has 1 amide bonds. The summed E-state index contributed by atoms with van der Waals surface area (Å²) < 4.78 is 13.8. The summed E-state index contributed by atoms with van der Waals surface area (Å²) in [6, 6.07) is 19.4. The summed E-state index contributed by atoms with van der Waals surface area (Å²) in [5.74, 6) is -2.23. The van der Waals surface area contributed by atoms with Crippen LogP contribution in [0, 0.1) is 12.7 Å². The number of hydrogen-bond acceptors (Lipinski definition) is 4. The van der Waals surface area contributed by atoms with Crippen LogP contribution in [0.4, 0.5) is 10.3 Å². The maximum absolute atomic E-state index is 13.8. The molecule has 7 heteroatoms. The molecule has 2 heterocycles. The molecule has 1 unspecified atom stereocenters. The number of nitrogens with one attached hydrogen (secondary N) is 1. The van der Waals surface area contributed by atoms with Crippen LogP contribution in [0.5, 0.6) is 0 Å². The number of aliphatic hydroxyl groups excluding tert-OH is 1. The van der Waals surface area contributed by atoms with Crippen LogP contribution in [0.2, 0.25) is 0 Å². The smallest absolute Gasteiger partial charge is 0.302 e. The topological polar surface area (TPSA) is 86.3 Å². The molecule has 0 saturated carbocycles. The van der Waals surface area contributed by atoms with Crippen LogP contribution >= 0.6 is 0 Å². The van der Waals surface area contributed by atoms with E-state index in [1.807, 2.05) is 24.3 Å². The fourth-order valence-corrected chi connectivity index (χ4v) is 4.00. The van der Waals surface area contributed by atoms with Crippen LogP contribution < -0.4 is 4.90 Å². The minimum atomic E-state index is -0.901. The first kappa shape index (κ1) is 19.7. The molecule has 4 aromatic rings. The average molecular weight is 427 g/mol. The molecular weight excluding hydrogens is 409 g/mol. The summed E-state index contributed by atoms with van der Waals surface area (Å²) in [4.78, 5) is 35.1. The third-order valence-electron chi connectivity index (χ3n) is 5.60. The Morgan fingerprint density at radius 1 is 1.03 bits per heavy atom. The number of nitrogens with zero attached hydrogens (tertiary/aromatic N) is 2. The first-order valence-corrected chi connectivity index (χ1v) is 10.0. The van der Waals surface area contributed by atoms with Crippen molar-refractivity contribution in [3.63, 3.8) is 0 Å². The Balaban J connectivity index is 1.73. The summed E-state index contributed by atoms with van der Waals surface area (Å²) in [5, 5.41) is 11.1. The second-order valence-electron chi connectivity index (χ2n) is 7.62. The zero-order valence-corrected chi connectivity index (χ0v) is 17.0. The van der Waals surface area contributed by atoms with Crippen LogP contribution in [-0.4, -0.2) is 26.8 Å². The van der Waals surface area contributed by atoms with E-state index in [1.165, 1.54) is 23.1 Å². The van der Waals surface area contributed by atoms with Gasteiger partial charge in [-0.15, -0.1) is 0 Å². The minimum absolute atomic E-state index is 0.0762. The molecule has 6 nitrogen and oxygen atoms in total. The number of para-hydroxylation sites is 2. The minimum Gasteiger partial charge on any atom is -0.507 e. The second-order valence-corrected chi connectivity index (χ2v) is 7.62. The molecule has 1 fully saturated rings. The van der Waals surface area contributed by atoms with Gasteiger partial charge in [0, 0.05) is 5.56 Å². The summed E-state index contributed by atoms with van der Waals surface area (Å²) in [5.41, 5.74) is 2.49.